The fourth-order valence-corrected chi connectivity index (χ4v) is 6.48. The summed E-state index contributed by atoms with van der Waals surface area (Å²) < 4.78 is 18.1. The summed E-state index contributed by atoms with van der Waals surface area (Å²) in [4.78, 5) is 27.4. The van der Waals surface area contributed by atoms with Crippen molar-refractivity contribution in [1.82, 2.24) is 4.90 Å². The number of nitrogens with zero attached hydrogens (tertiary/aromatic N) is 1. The Kier molecular flexibility index (Phi) is 5.28. The van der Waals surface area contributed by atoms with E-state index in [1.807, 2.05) is 60.7 Å². The van der Waals surface area contributed by atoms with Gasteiger partial charge in [0, 0.05) is 0 Å². The van der Waals surface area contributed by atoms with Gasteiger partial charge in [0.2, 0.25) is 5.91 Å². The molecule has 0 radical (unpaired) electrons. The highest BCUT2D eigenvalue weighted by molar-refractivity contribution is 7.87. The lowest BCUT2D eigenvalue weighted by molar-refractivity contribution is -0.172. The van der Waals surface area contributed by atoms with Gasteiger partial charge in [-0.15, -0.1) is 0 Å². The van der Waals surface area contributed by atoms with Crippen LogP contribution in [0.15, 0.2) is 60.7 Å². The average molecular weight is 428 g/mol. The number of amides is 1. The number of ether oxygens (including phenoxy) is 1. The molecule has 30 heavy (non-hydrogen) atoms. The standard InChI is InChI=1S/C23H25NO5S/c1-14(25)17-20(26)24-19(23(2,3)30(28)21(17)24)22(27)29-18(15-10-6-4-7-11-15)16-12-8-5-9-13-16/h4-14,17-19,21,25H,1-3H3/t14-,17-,19+,21-,30?/m1/s1. The number of carbonyl (C=O) groups excluding carboxylic acids is 2. The largest absolute Gasteiger partial charge is 0.451 e. The molecule has 2 aliphatic heterocycles. The van der Waals surface area contributed by atoms with Crippen LogP contribution in [0.5, 0.6) is 0 Å². The SMILES string of the molecule is C[C@@H](O)[C@@H]1C(=O)N2[C@@H]1S(=O)C(C)(C)[C@@H]2C(=O)OC(c1ccccc1)c1ccccc1. The second-order valence-electron chi connectivity index (χ2n) is 8.34. The fraction of sp³-hybridized carbons (Fsp3) is 0.391. The van der Waals surface area contributed by atoms with Crippen molar-refractivity contribution in [3.8, 4) is 0 Å². The van der Waals surface area contributed by atoms with E-state index in [-0.39, 0.29) is 5.91 Å². The molecule has 2 aliphatic rings. The Labute approximate surface area is 178 Å². The first kappa shape index (κ1) is 20.8. The van der Waals surface area contributed by atoms with E-state index in [1.165, 1.54) is 11.8 Å². The Morgan fingerprint density at radius 2 is 1.57 bits per heavy atom. The Morgan fingerprint density at radius 1 is 1.07 bits per heavy atom. The summed E-state index contributed by atoms with van der Waals surface area (Å²) in [7, 11) is -1.50. The van der Waals surface area contributed by atoms with E-state index >= 15 is 0 Å². The smallest absolute Gasteiger partial charge is 0.331 e. The number of carbonyl (C=O) groups is 2. The van der Waals surface area contributed by atoms with Gasteiger partial charge in [0.15, 0.2) is 6.10 Å². The normalized spacial score (nSPS) is 28.0. The van der Waals surface area contributed by atoms with Gasteiger partial charge in [-0.2, -0.15) is 0 Å². The van der Waals surface area contributed by atoms with Gasteiger partial charge in [0.25, 0.3) is 0 Å². The lowest BCUT2D eigenvalue weighted by Gasteiger charge is -2.44. The lowest BCUT2D eigenvalue weighted by atomic mass is 9.88. The monoisotopic (exact) mass is 427 g/mol. The Morgan fingerprint density at radius 3 is 2.03 bits per heavy atom. The van der Waals surface area contributed by atoms with Crippen LogP contribution in [0.4, 0.5) is 0 Å². The number of β-lactam (4-membered cyclic amide) rings is 1. The summed E-state index contributed by atoms with van der Waals surface area (Å²) in [6.07, 6.45) is -1.57. The highest BCUT2D eigenvalue weighted by Gasteiger charge is 2.69. The van der Waals surface area contributed by atoms with Crippen molar-refractivity contribution in [2.75, 3.05) is 0 Å². The number of fused-ring (bicyclic) bond motifs is 1. The molecule has 1 N–H and O–H groups in total. The first-order chi connectivity index (χ1) is 14.2. The third-order valence-electron chi connectivity index (χ3n) is 5.98. The number of benzene rings is 2. The lowest BCUT2D eigenvalue weighted by Crippen LogP contribution is -2.66. The average Bonchev–Trinajstić information content (AvgIpc) is 2.90. The van der Waals surface area contributed by atoms with Crippen molar-refractivity contribution in [1.29, 1.82) is 0 Å². The number of hydrogen-bond acceptors (Lipinski definition) is 5. The quantitative estimate of drug-likeness (QED) is 0.585. The molecular weight excluding hydrogens is 402 g/mol. The summed E-state index contributed by atoms with van der Waals surface area (Å²) in [5.74, 6) is -1.69. The second kappa shape index (κ2) is 7.63. The highest BCUT2D eigenvalue weighted by atomic mass is 32.2. The number of aliphatic hydroxyl groups excluding tert-OH is 1. The van der Waals surface area contributed by atoms with E-state index in [4.69, 9.17) is 4.74 Å². The van der Waals surface area contributed by atoms with Gasteiger partial charge in [-0.3, -0.25) is 9.00 Å². The molecule has 2 saturated heterocycles. The molecule has 0 bridgehead atoms. The summed E-state index contributed by atoms with van der Waals surface area (Å²) in [6, 6.07) is 17.8. The van der Waals surface area contributed by atoms with Gasteiger partial charge in [-0.1, -0.05) is 60.7 Å². The predicted octanol–water partition coefficient (Wildman–Crippen LogP) is 2.39. The van der Waals surface area contributed by atoms with E-state index in [2.05, 4.69) is 0 Å². The van der Waals surface area contributed by atoms with Crippen LogP contribution < -0.4 is 0 Å². The number of esters is 1. The van der Waals surface area contributed by atoms with Crippen molar-refractivity contribution < 1.29 is 23.6 Å². The zero-order valence-corrected chi connectivity index (χ0v) is 17.9. The Balaban J connectivity index is 1.66. The van der Waals surface area contributed by atoms with Crippen LogP contribution in [0, 0.1) is 5.92 Å². The van der Waals surface area contributed by atoms with Crippen LogP contribution in [-0.4, -0.2) is 48.4 Å². The fourth-order valence-electron chi connectivity index (χ4n) is 4.38. The van der Waals surface area contributed by atoms with Crippen LogP contribution in [0.25, 0.3) is 0 Å². The van der Waals surface area contributed by atoms with Crippen LogP contribution in [0.2, 0.25) is 0 Å². The van der Waals surface area contributed by atoms with Gasteiger partial charge in [0.1, 0.15) is 11.4 Å². The molecule has 0 saturated carbocycles. The summed E-state index contributed by atoms with van der Waals surface area (Å²) >= 11 is 0. The van der Waals surface area contributed by atoms with Crippen LogP contribution in [0.3, 0.4) is 0 Å². The molecule has 2 heterocycles. The molecule has 4 rings (SSSR count). The first-order valence-corrected chi connectivity index (χ1v) is 11.2. The molecule has 1 amide bonds. The third kappa shape index (κ3) is 3.17. The molecular formula is C23H25NO5S. The zero-order chi connectivity index (χ0) is 21.6. The minimum absolute atomic E-state index is 0.355. The van der Waals surface area contributed by atoms with Crippen LogP contribution in [-0.2, 0) is 25.1 Å². The molecule has 2 aromatic rings. The molecule has 1 unspecified atom stereocenters. The minimum Gasteiger partial charge on any atom is -0.451 e. The molecule has 2 fully saturated rings. The Bertz CT molecular complexity index is 936. The molecule has 5 atom stereocenters. The van der Waals surface area contributed by atoms with Crippen molar-refractivity contribution in [3.05, 3.63) is 71.8 Å². The van der Waals surface area contributed by atoms with Gasteiger partial charge >= 0.3 is 5.97 Å². The Hall–Kier alpha value is -2.51. The third-order valence-corrected chi connectivity index (χ3v) is 8.20. The number of hydrogen-bond donors (Lipinski definition) is 1. The van der Waals surface area contributed by atoms with E-state index in [0.717, 1.165) is 11.1 Å². The van der Waals surface area contributed by atoms with Gasteiger partial charge < -0.3 is 14.7 Å². The zero-order valence-electron chi connectivity index (χ0n) is 17.1. The highest BCUT2D eigenvalue weighted by Crippen LogP contribution is 2.48. The number of rotatable bonds is 5. The van der Waals surface area contributed by atoms with Crippen LogP contribution >= 0.6 is 0 Å². The van der Waals surface area contributed by atoms with E-state index < -0.39 is 51.1 Å². The van der Waals surface area contributed by atoms with Gasteiger partial charge in [-0.25, -0.2) is 4.79 Å². The predicted molar refractivity (Wildman–Crippen MR) is 113 cm³/mol. The van der Waals surface area contributed by atoms with Gasteiger partial charge in [0.05, 0.1) is 27.6 Å². The summed E-state index contributed by atoms with van der Waals surface area (Å²) in [5.41, 5.74) is 1.62. The maximum absolute atomic E-state index is 13.4. The van der Waals surface area contributed by atoms with Crippen molar-refractivity contribution in [3.63, 3.8) is 0 Å². The summed E-state index contributed by atoms with van der Waals surface area (Å²) in [6.45, 7) is 4.93. The van der Waals surface area contributed by atoms with Gasteiger partial charge in [-0.05, 0) is 31.9 Å². The minimum atomic E-state index is -1.50. The molecule has 0 aliphatic carbocycles. The van der Waals surface area contributed by atoms with Crippen LogP contribution in [0.1, 0.15) is 38.0 Å². The first-order valence-electron chi connectivity index (χ1n) is 9.96. The van der Waals surface area contributed by atoms with E-state index in [9.17, 15) is 18.9 Å². The maximum atomic E-state index is 13.4. The maximum Gasteiger partial charge on any atom is 0.331 e. The molecule has 158 valence electrons. The molecule has 6 nitrogen and oxygen atoms in total. The molecule has 0 aromatic heterocycles. The molecule has 2 aromatic carbocycles. The number of aliphatic hydroxyl groups is 1. The van der Waals surface area contributed by atoms with E-state index in [0.29, 0.717) is 0 Å². The second-order valence-corrected chi connectivity index (χ2v) is 10.5. The van der Waals surface area contributed by atoms with Crippen molar-refractivity contribution in [2.24, 2.45) is 5.92 Å². The molecule has 0 spiro atoms. The van der Waals surface area contributed by atoms with Crippen molar-refractivity contribution >= 4 is 22.7 Å². The summed E-state index contributed by atoms with van der Waals surface area (Å²) in [5, 5.41) is 9.28. The van der Waals surface area contributed by atoms with E-state index in [1.54, 1.807) is 13.8 Å². The molecule has 7 heteroatoms. The topological polar surface area (TPSA) is 83.9 Å². The van der Waals surface area contributed by atoms with Crippen molar-refractivity contribution in [2.45, 2.75) is 49.1 Å².